The number of nitrogens with one attached hydrogen (secondary N) is 1. The Bertz CT molecular complexity index is 409. The summed E-state index contributed by atoms with van der Waals surface area (Å²) in [6, 6.07) is 5.76. The molecule has 0 saturated heterocycles. The van der Waals surface area contributed by atoms with Gasteiger partial charge >= 0.3 is 0 Å². The quantitative estimate of drug-likeness (QED) is 0.578. The number of nitrogen functional groups attached to an aromatic ring is 1. The highest BCUT2D eigenvalue weighted by atomic mass is 16.5. The summed E-state index contributed by atoms with van der Waals surface area (Å²) < 4.78 is 5.49. The van der Waals surface area contributed by atoms with Crippen LogP contribution in [0.2, 0.25) is 0 Å². The van der Waals surface area contributed by atoms with Crippen molar-refractivity contribution in [3.05, 3.63) is 18.2 Å². The molecule has 1 aliphatic carbocycles. The Morgan fingerprint density at radius 3 is 2.84 bits per heavy atom. The molecule has 2 rings (SSSR count). The van der Waals surface area contributed by atoms with Gasteiger partial charge in [-0.05, 0) is 25.8 Å². The van der Waals surface area contributed by atoms with E-state index < -0.39 is 0 Å². The van der Waals surface area contributed by atoms with Crippen molar-refractivity contribution in [2.24, 2.45) is 0 Å². The second kappa shape index (κ2) is 6.66. The molecule has 1 aliphatic rings. The minimum absolute atomic E-state index is 0.110. The summed E-state index contributed by atoms with van der Waals surface area (Å²) in [6.45, 7) is 2.57. The first-order valence-electron chi connectivity index (χ1n) is 7.17. The maximum absolute atomic E-state index is 10.1. The van der Waals surface area contributed by atoms with E-state index in [-0.39, 0.29) is 12.1 Å². The molecule has 1 aromatic carbocycles. The van der Waals surface area contributed by atoms with E-state index in [4.69, 9.17) is 10.5 Å². The van der Waals surface area contributed by atoms with E-state index in [0.717, 1.165) is 37.1 Å². The van der Waals surface area contributed by atoms with Gasteiger partial charge in [-0.3, -0.25) is 0 Å². The number of hydrogen-bond donors (Lipinski definition) is 3. The molecule has 1 aromatic rings. The summed E-state index contributed by atoms with van der Waals surface area (Å²) in [5, 5.41) is 13.5. The van der Waals surface area contributed by atoms with Gasteiger partial charge in [-0.15, -0.1) is 0 Å². The third kappa shape index (κ3) is 4.03. The first-order valence-corrected chi connectivity index (χ1v) is 7.17. The molecule has 19 heavy (non-hydrogen) atoms. The molecule has 4 heteroatoms. The van der Waals surface area contributed by atoms with Gasteiger partial charge in [0.1, 0.15) is 5.75 Å². The van der Waals surface area contributed by atoms with Crippen molar-refractivity contribution in [2.75, 3.05) is 17.7 Å². The van der Waals surface area contributed by atoms with Gasteiger partial charge in [0.15, 0.2) is 0 Å². The average Bonchev–Trinajstić information content (AvgIpc) is 2.55. The number of aliphatic hydroxyl groups excluding tert-OH is 1. The summed E-state index contributed by atoms with van der Waals surface area (Å²) >= 11 is 0. The molecular weight excluding hydrogens is 240 g/mol. The van der Waals surface area contributed by atoms with Crippen molar-refractivity contribution in [3.8, 4) is 5.75 Å². The monoisotopic (exact) mass is 264 g/mol. The SMILES string of the molecule is CCOc1cc(N)cc(NC2CCCCCC2O)c1. The lowest BCUT2D eigenvalue weighted by Crippen LogP contribution is -2.32. The van der Waals surface area contributed by atoms with Crippen molar-refractivity contribution < 1.29 is 9.84 Å². The van der Waals surface area contributed by atoms with Crippen LogP contribution in [0.5, 0.6) is 5.75 Å². The summed E-state index contributed by atoms with van der Waals surface area (Å²) in [5.41, 5.74) is 7.48. The molecule has 1 fully saturated rings. The summed E-state index contributed by atoms with van der Waals surface area (Å²) in [4.78, 5) is 0. The number of ether oxygens (including phenoxy) is 1. The van der Waals surface area contributed by atoms with Gasteiger partial charge in [-0.25, -0.2) is 0 Å². The van der Waals surface area contributed by atoms with Crippen LogP contribution in [0.1, 0.15) is 39.0 Å². The van der Waals surface area contributed by atoms with Crippen molar-refractivity contribution in [2.45, 2.75) is 51.2 Å². The predicted octanol–water partition coefficient (Wildman–Crippen LogP) is 2.77. The maximum Gasteiger partial charge on any atom is 0.123 e. The molecule has 0 aromatic heterocycles. The zero-order valence-corrected chi connectivity index (χ0v) is 11.6. The molecule has 0 radical (unpaired) electrons. The van der Waals surface area contributed by atoms with Gasteiger partial charge < -0.3 is 20.9 Å². The molecular formula is C15H24N2O2. The van der Waals surface area contributed by atoms with E-state index in [1.807, 2.05) is 25.1 Å². The van der Waals surface area contributed by atoms with Gasteiger partial charge in [-0.2, -0.15) is 0 Å². The number of hydrogen-bond acceptors (Lipinski definition) is 4. The van der Waals surface area contributed by atoms with E-state index in [0.29, 0.717) is 12.3 Å². The van der Waals surface area contributed by atoms with E-state index in [9.17, 15) is 5.11 Å². The molecule has 4 N–H and O–H groups in total. The second-order valence-corrected chi connectivity index (χ2v) is 5.18. The minimum atomic E-state index is -0.278. The van der Waals surface area contributed by atoms with Crippen LogP contribution in [0.15, 0.2) is 18.2 Å². The zero-order chi connectivity index (χ0) is 13.7. The fourth-order valence-corrected chi connectivity index (χ4v) is 2.63. The number of nitrogens with two attached hydrogens (primary N) is 1. The van der Waals surface area contributed by atoms with Crippen LogP contribution in [-0.4, -0.2) is 23.9 Å². The lowest BCUT2D eigenvalue weighted by atomic mass is 10.1. The van der Waals surface area contributed by atoms with Gasteiger partial charge in [0, 0.05) is 23.5 Å². The normalized spacial score (nSPS) is 23.7. The van der Waals surface area contributed by atoms with E-state index in [1.165, 1.54) is 6.42 Å². The molecule has 1 saturated carbocycles. The average molecular weight is 264 g/mol. The molecule has 0 amide bonds. The van der Waals surface area contributed by atoms with Crippen molar-refractivity contribution in [3.63, 3.8) is 0 Å². The highest BCUT2D eigenvalue weighted by molar-refractivity contribution is 5.59. The van der Waals surface area contributed by atoms with Crippen LogP contribution in [-0.2, 0) is 0 Å². The van der Waals surface area contributed by atoms with Crippen molar-refractivity contribution in [1.29, 1.82) is 0 Å². The Morgan fingerprint density at radius 2 is 2.05 bits per heavy atom. The summed E-state index contributed by atoms with van der Waals surface area (Å²) in [5.74, 6) is 0.771. The van der Waals surface area contributed by atoms with Gasteiger partial charge in [0.05, 0.1) is 18.8 Å². The summed E-state index contributed by atoms with van der Waals surface area (Å²) in [7, 11) is 0. The molecule has 2 atom stereocenters. The number of aliphatic hydroxyl groups is 1. The number of anilines is 2. The Hall–Kier alpha value is -1.42. The second-order valence-electron chi connectivity index (χ2n) is 5.18. The predicted molar refractivity (Wildman–Crippen MR) is 78.5 cm³/mol. The Morgan fingerprint density at radius 1 is 1.26 bits per heavy atom. The zero-order valence-electron chi connectivity index (χ0n) is 11.6. The van der Waals surface area contributed by atoms with E-state index >= 15 is 0 Å². The largest absolute Gasteiger partial charge is 0.494 e. The first-order chi connectivity index (χ1) is 9.19. The fraction of sp³-hybridized carbons (Fsp3) is 0.600. The van der Waals surface area contributed by atoms with Crippen LogP contribution in [0.3, 0.4) is 0 Å². The first kappa shape index (κ1) is 14.0. The number of rotatable bonds is 4. The molecule has 0 aliphatic heterocycles. The third-order valence-corrected chi connectivity index (χ3v) is 3.57. The van der Waals surface area contributed by atoms with Crippen LogP contribution in [0, 0.1) is 0 Å². The highest BCUT2D eigenvalue weighted by Crippen LogP contribution is 2.26. The third-order valence-electron chi connectivity index (χ3n) is 3.57. The molecule has 2 unspecified atom stereocenters. The smallest absolute Gasteiger partial charge is 0.123 e. The highest BCUT2D eigenvalue weighted by Gasteiger charge is 2.21. The van der Waals surface area contributed by atoms with Crippen LogP contribution in [0.25, 0.3) is 0 Å². The Balaban J connectivity index is 2.08. The lowest BCUT2D eigenvalue weighted by molar-refractivity contribution is 0.144. The fourth-order valence-electron chi connectivity index (χ4n) is 2.63. The molecule has 106 valence electrons. The Labute approximate surface area is 115 Å². The molecule has 0 bridgehead atoms. The topological polar surface area (TPSA) is 67.5 Å². The van der Waals surface area contributed by atoms with Crippen LogP contribution in [0.4, 0.5) is 11.4 Å². The van der Waals surface area contributed by atoms with E-state index in [1.54, 1.807) is 0 Å². The summed E-state index contributed by atoms with van der Waals surface area (Å²) in [6.07, 6.45) is 5.07. The number of benzene rings is 1. The van der Waals surface area contributed by atoms with Crippen LogP contribution < -0.4 is 15.8 Å². The Kier molecular flexibility index (Phi) is 4.91. The lowest BCUT2D eigenvalue weighted by Gasteiger charge is -2.23. The van der Waals surface area contributed by atoms with Crippen LogP contribution >= 0.6 is 0 Å². The molecule has 0 spiro atoms. The van der Waals surface area contributed by atoms with Gasteiger partial charge in [-0.1, -0.05) is 19.3 Å². The van der Waals surface area contributed by atoms with Gasteiger partial charge in [0.2, 0.25) is 0 Å². The standard InChI is InChI=1S/C15H24N2O2/c1-2-19-13-9-11(16)8-12(10-13)17-14-6-4-3-5-7-15(14)18/h8-10,14-15,17-18H,2-7,16H2,1H3. The van der Waals surface area contributed by atoms with E-state index in [2.05, 4.69) is 5.32 Å². The van der Waals surface area contributed by atoms with Gasteiger partial charge in [0.25, 0.3) is 0 Å². The van der Waals surface area contributed by atoms with Crippen molar-refractivity contribution >= 4 is 11.4 Å². The molecule has 0 heterocycles. The maximum atomic E-state index is 10.1. The molecule has 4 nitrogen and oxygen atoms in total. The van der Waals surface area contributed by atoms with Crippen molar-refractivity contribution in [1.82, 2.24) is 0 Å². The minimum Gasteiger partial charge on any atom is -0.494 e.